The van der Waals surface area contributed by atoms with Crippen LogP contribution in [0.25, 0.3) is 0 Å². The Kier molecular flexibility index (Phi) is 1.82. The Morgan fingerprint density at radius 1 is 1.13 bits per heavy atom. The number of anilines is 1. The number of nitrogens with one attached hydrogen (secondary N) is 1. The number of aryl methyl sites for hydroxylation is 3. The molecule has 0 radical (unpaired) electrons. The fourth-order valence-electron chi connectivity index (χ4n) is 2.74. The molecule has 1 aromatic carbocycles. The van der Waals surface area contributed by atoms with Gasteiger partial charge in [-0.2, -0.15) is 0 Å². The number of hydrazine groups is 1. The summed E-state index contributed by atoms with van der Waals surface area (Å²) in [5, 5.41) is 2.28. The molecule has 1 N–H and O–H groups in total. The number of rotatable bonds is 1. The summed E-state index contributed by atoms with van der Waals surface area (Å²) in [7, 11) is 0. The Morgan fingerprint density at radius 3 is 2.27 bits per heavy atom. The zero-order valence-corrected chi connectivity index (χ0v) is 9.54. The molecule has 15 heavy (non-hydrogen) atoms. The molecule has 2 fully saturated rings. The van der Waals surface area contributed by atoms with Crippen molar-refractivity contribution in [1.82, 2.24) is 10.4 Å². The minimum Gasteiger partial charge on any atom is -0.340 e. The van der Waals surface area contributed by atoms with Crippen molar-refractivity contribution in [3.63, 3.8) is 0 Å². The predicted octanol–water partition coefficient (Wildman–Crippen LogP) is 1.54. The van der Waals surface area contributed by atoms with E-state index in [9.17, 15) is 0 Å². The minimum absolute atomic E-state index is 0.463. The molecule has 3 rings (SSSR count). The van der Waals surface area contributed by atoms with E-state index in [-0.39, 0.29) is 0 Å². The molecule has 0 saturated carbocycles. The number of fused-ring (bicyclic) bond motifs is 1. The van der Waals surface area contributed by atoms with Crippen LogP contribution in [0.2, 0.25) is 0 Å². The Morgan fingerprint density at radius 2 is 1.80 bits per heavy atom. The summed E-state index contributed by atoms with van der Waals surface area (Å²) in [6, 6.07) is 4.54. The highest BCUT2D eigenvalue weighted by atomic mass is 15.9. The van der Waals surface area contributed by atoms with E-state index in [1.54, 1.807) is 0 Å². The topological polar surface area (TPSA) is 28.2 Å². The van der Waals surface area contributed by atoms with Gasteiger partial charge in [0.1, 0.15) is 0 Å². The smallest absolute Gasteiger partial charge is 0.163 e. The highest BCUT2D eigenvalue weighted by Crippen LogP contribution is 2.33. The van der Waals surface area contributed by atoms with Crippen LogP contribution in [0.4, 0.5) is 5.69 Å². The van der Waals surface area contributed by atoms with Gasteiger partial charge in [-0.25, -0.2) is 10.4 Å². The molecule has 0 aliphatic carbocycles. The molecule has 0 bridgehead atoms. The van der Waals surface area contributed by atoms with Gasteiger partial charge in [-0.3, -0.25) is 0 Å². The summed E-state index contributed by atoms with van der Waals surface area (Å²) in [4.78, 5) is 2.46. The first-order valence-electron chi connectivity index (χ1n) is 5.54. The van der Waals surface area contributed by atoms with Crippen LogP contribution in [0.1, 0.15) is 16.7 Å². The highest BCUT2D eigenvalue weighted by molar-refractivity contribution is 5.61. The van der Waals surface area contributed by atoms with Crippen LogP contribution >= 0.6 is 0 Å². The molecule has 2 atom stereocenters. The number of benzene rings is 1. The van der Waals surface area contributed by atoms with Crippen molar-refractivity contribution in [2.45, 2.75) is 27.1 Å². The molecule has 1 aromatic rings. The first-order valence-corrected chi connectivity index (χ1v) is 5.54. The van der Waals surface area contributed by atoms with Crippen LogP contribution in [-0.2, 0) is 0 Å². The lowest BCUT2D eigenvalue weighted by atomic mass is 10.0. The third-order valence-electron chi connectivity index (χ3n) is 3.31. The molecule has 0 aromatic heterocycles. The molecule has 2 saturated heterocycles. The van der Waals surface area contributed by atoms with Crippen molar-refractivity contribution in [2.75, 3.05) is 18.0 Å². The summed E-state index contributed by atoms with van der Waals surface area (Å²) in [6.07, 6.45) is 0.463. The van der Waals surface area contributed by atoms with Gasteiger partial charge in [-0.05, 0) is 31.9 Å². The second kappa shape index (κ2) is 2.97. The Hall–Kier alpha value is -1.06. The van der Waals surface area contributed by atoms with Crippen LogP contribution in [0.5, 0.6) is 0 Å². The Labute approximate surface area is 90.6 Å². The molecular formula is C12H17N3. The van der Waals surface area contributed by atoms with Crippen molar-refractivity contribution in [3.05, 3.63) is 28.8 Å². The molecule has 3 heteroatoms. The zero-order chi connectivity index (χ0) is 10.6. The van der Waals surface area contributed by atoms with E-state index in [0.29, 0.717) is 6.29 Å². The van der Waals surface area contributed by atoms with Gasteiger partial charge >= 0.3 is 0 Å². The largest absolute Gasteiger partial charge is 0.340 e. The van der Waals surface area contributed by atoms with Gasteiger partial charge in [-0.1, -0.05) is 17.7 Å². The van der Waals surface area contributed by atoms with Crippen molar-refractivity contribution in [2.24, 2.45) is 0 Å². The maximum atomic E-state index is 3.34. The quantitative estimate of drug-likeness (QED) is 0.702. The van der Waals surface area contributed by atoms with E-state index < -0.39 is 0 Å². The standard InChI is InChI=1S/C12H17N3/c1-8-6-9(2)11(10(3)7-8)14-4-5-15-12(14)13-15/h6-7,12-13H,4-5H2,1-3H3. The minimum atomic E-state index is 0.463. The number of hydrogen-bond donors (Lipinski definition) is 1. The fraction of sp³-hybridized carbons (Fsp3) is 0.500. The van der Waals surface area contributed by atoms with E-state index in [2.05, 4.69) is 48.2 Å². The third kappa shape index (κ3) is 1.34. The molecule has 2 unspecified atom stereocenters. The molecule has 2 aliphatic heterocycles. The average molecular weight is 203 g/mol. The van der Waals surface area contributed by atoms with Crippen molar-refractivity contribution in [3.8, 4) is 0 Å². The molecular weight excluding hydrogens is 186 g/mol. The fourth-order valence-corrected chi connectivity index (χ4v) is 2.74. The maximum Gasteiger partial charge on any atom is 0.163 e. The first-order chi connectivity index (χ1) is 7.16. The van der Waals surface area contributed by atoms with E-state index in [0.717, 1.165) is 13.1 Å². The lowest BCUT2D eigenvalue weighted by molar-refractivity contribution is 0.555. The second-order valence-electron chi connectivity index (χ2n) is 4.64. The molecule has 2 aliphatic rings. The van der Waals surface area contributed by atoms with Crippen LogP contribution in [-0.4, -0.2) is 24.4 Å². The number of nitrogens with zero attached hydrogens (tertiary/aromatic N) is 2. The summed E-state index contributed by atoms with van der Waals surface area (Å²) < 4.78 is 0. The van der Waals surface area contributed by atoms with E-state index in [1.165, 1.54) is 22.4 Å². The third-order valence-corrected chi connectivity index (χ3v) is 3.31. The van der Waals surface area contributed by atoms with Gasteiger partial charge in [0.05, 0.1) is 0 Å². The van der Waals surface area contributed by atoms with Gasteiger partial charge in [-0.15, -0.1) is 0 Å². The average Bonchev–Trinajstić information content (AvgIpc) is 2.81. The molecule has 0 amide bonds. The summed E-state index contributed by atoms with van der Waals surface area (Å²) in [5.41, 5.74) is 8.90. The molecule has 3 nitrogen and oxygen atoms in total. The zero-order valence-electron chi connectivity index (χ0n) is 9.54. The van der Waals surface area contributed by atoms with Crippen molar-refractivity contribution in [1.29, 1.82) is 0 Å². The molecule has 2 heterocycles. The van der Waals surface area contributed by atoms with Gasteiger partial charge in [0, 0.05) is 18.8 Å². The van der Waals surface area contributed by atoms with E-state index in [4.69, 9.17) is 0 Å². The van der Waals surface area contributed by atoms with Crippen LogP contribution in [0.3, 0.4) is 0 Å². The van der Waals surface area contributed by atoms with Crippen LogP contribution in [0, 0.1) is 20.8 Å². The Bertz CT molecular complexity index is 390. The highest BCUT2D eigenvalue weighted by Gasteiger charge is 2.45. The SMILES string of the molecule is Cc1cc(C)c(N2CCN3NC32)c(C)c1. The lowest BCUT2D eigenvalue weighted by Gasteiger charge is -2.23. The van der Waals surface area contributed by atoms with Gasteiger partial charge < -0.3 is 4.90 Å². The summed E-state index contributed by atoms with van der Waals surface area (Å²) >= 11 is 0. The van der Waals surface area contributed by atoms with Crippen molar-refractivity contribution < 1.29 is 0 Å². The molecule has 80 valence electrons. The van der Waals surface area contributed by atoms with Gasteiger partial charge in [0.15, 0.2) is 6.29 Å². The van der Waals surface area contributed by atoms with Crippen LogP contribution in [0.15, 0.2) is 12.1 Å². The predicted molar refractivity (Wildman–Crippen MR) is 61.6 cm³/mol. The summed E-state index contributed by atoms with van der Waals surface area (Å²) in [5.74, 6) is 0. The first kappa shape index (κ1) is 9.19. The summed E-state index contributed by atoms with van der Waals surface area (Å²) in [6.45, 7) is 8.86. The van der Waals surface area contributed by atoms with Gasteiger partial charge in [0.2, 0.25) is 0 Å². The molecule has 0 spiro atoms. The Balaban J connectivity index is 2.03. The van der Waals surface area contributed by atoms with E-state index in [1.807, 2.05) is 0 Å². The normalized spacial score (nSPS) is 28.1. The number of hydrogen-bond acceptors (Lipinski definition) is 3. The maximum absolute atomic E-state index is 3.34. The second-order valence-corrected chi connectivity index (χ2v) is 4.64. The monoisotopic (exact) mass is 203 g/mol. The van der Waals surface area contributed by atoms with Crippen molar-refractivity contribution >= 4 is 5.69 Å². The lowest BCUT2D eigenvalue weighted by Crippen LogP contribution is -2.28. The van der Waals surface area contributed by atoms with E-state index >= 15 is 0 Å². The van der Waals surface area contributed by atoms with Crippen LogP contribution < -0.4 is 10.3 Å². The van der Waals surface area contributed by atoms with Gasteiger partial charge in [0.25, 0.3) is 0 Å².